The van der Waals surface area contributed by atoms with Crippen LogP contribution in [0.5, 0.6) is 0 Å². The molecule has 0 saturated carbocycles. The van der Waals surface area contributed by atoms with Crippen LogP contribution in [0.2, 0.25) is 0 Å². The second kappa shape index (κ2) is 7.00. The van der Waals surface area contributed by atoms with E-state index in [1.165, 1.54) is 5.56 Å². The molecule has 0 fully saturated rings. The largest absolute Gasteiger partial charge is 0.356 e. The quantitative estimate of drug-likeness (QED) is 0.586. The number of rotatable bonds is 7. The first kappa shape index (κ1) is 12.7. The van der Waals surface area contributed by atoms with Gasteiger partial charge in [0.1, 0.15) is 0 Å². The van der Waals surface area contributed by atoms with Crippen LogP contribution < -0.4 is 10.6 Å². The molecule has 0 aliphatic heterocycles. The van der Waals surface area contributed by atoms with Crippen molar-refractivity contribution in [1.82, 2.24) is 20.8 Å². The average molecular weight is 224 g/mol. The molecule has 1 amide bonds. The van der Waals surface area contributed by atoms with Gasteiger partial charge < -0.3 is 10.6 Å². The van der Waals surface area contributed by atoms with E-state index in [0.29, 0.717) is 6.42 Å². The minimum absolute atomic E-state index is 0.110. The maximum absolute atomic E-state index is 11.3. The number of aromatic amines is 1. The van der Waals surface area contributed by atoms with Crippen LogP contribution in [0.25, 0.3) is 0 Å². The first-order chi connectivity index (χ1) is 7.74. The number of H-pyrrole nitrogens is 1. The molecule has 0 radical (unpaired) electrons. The van der Waals surface area contributed by atoms with Crippen LogP contribution in [0.15, 0.2) is 6.20 Å². The maximum atomic E-state index is 11.3. The topological polar surface area (TPSA) is 69.8 Å². The summed E-state index contributed by atoms with van der Waals surface area (Å²) in [5.74, 6) is 0.110. The van der Waals surface area contributed by atoms with Crippen LogP contribution in [-0.4, -0.2) is 36.2 Å². The zero-order chi connectivity index (χ0) is 11.8. The summed E-state index contributed by atoms with van der Waals surface area (Å²) in [5, 5.41) is 12.7. The number of carbonyl (C=O) groups is 1. The monoisotopic (exact) mass is 224 g/mol. The fourth-order valence-corrected chi connectivity index (χ4v) is 1.46. The predicted molar refractivity (Wildman–Crippen MR) is 63.2 cm³/mol. The summed E-state index contributed by atoms with van der Waals surface area (Å²) >= 11 is 0. The van der Waals surface area contributed by atoms with Crippen molar-refractivity contribution in [2.75, 3.05) is 20.1 Å². The Morgan fingerprint density at radius 3 is 2.94 bits per heavy atom. The van der Waals surface area contributed by atoms with Crippen molar-refractivity contribution in [3.8, 4) is 0 Å². The number of carbonyl (C=O) groups excluding carboxylic acids is 1. The van der Waals surface area contributed by atoms with E-state index in [0.717, 1.165) is 31.6 Å². The molecular formula is C11H20N4O. The third kappa shape index (κ3) is 4.44. The lowest BCUT2D eigenvalue weighted by molar-refractivity contribution is -0.120. The zero-order valence-corrected chi connectivity index (χ0v) is 9.97. The Morgan fingerprint density at radius 1 is 1.50 bits per heavy atom. The maximum Gasteiger partial charge on any atom is 0.221 e. The predicted octanol–water partition coefficient (Wildman–Crippen LogP) is 0.376. The molecule has 0 aliphatic rings. The molecule has 5 nitrogen and oxygen atoms in total. The molecule has 0 bridgehead atoms. The van der Waals surface area contributed by atoms with Gasteiger partial charge in [-0.2, -0.15) is 5.10 Å². The number of hydrogen-bond donors (Lipinski definition) is 3. The molecule has 90 valence electrons. The number of aryl methyl sites for hydroxylation is 2. The van der Waals surface area contributed by atoms with Crippen LogP contribution in [-0.2, 0) is 11.2 Å². The summed E-state index contributed by atoms with van der Waals surface area (Å²) in [7, 11) is 1.84. The van der Waals surface area contributed by atoms with Crippen molar-refractivity contribution >= 4 is 5.91 Å². The lowest BCUT2D eigenvalue weighted by Gasteiger charge is -2.04. The van der Waals surface area contributed by atoms with E-state index in [-0.39, 0.29) is 5.91 Å². The van der Waals surface area contributed by atoms with E-state index < -0.39 is 0 Å². The van der Waals surface area contributed by atoms with E-state index in [4.69, 9.17) is 0 Å². The summed E-state index contributed by atoms with van der Waals surface area (Å²) in [6, 6.07) is 0. The first-order valence-corrected chi connectivity index (χ1v) is 5.64. The van der Waals surface area contributed by atoms with Crippen LogP contribution in [0.4, 0.5) is 0 Å². The number of hydrogen-bond acceptors (Lipinski definition) is 3. The minimum atomic E-state index is 0.110. The van der Waals surface area contributed by atoms with E-state index in [9.17, 15) is 4.79 Å². The van der Waals surface area contributed by atoms with Crippen molar-refractivity contribution < 1.29 is 4.79 Å². The average Bonchev–Trinajstić information content (AvgIpc) is 2.67. The van der Waals surface area contributed by atoms with Gasteiger partial charge in [0.15, 0.2) is 0 Å². The third-order valence-corrected chi connectivity index (χ3v) is 2.48. The molecule has 0 atom stereocenters. The van der Waals surface area contributed by atoms with Crippen LogP contribution in [0, 0.1) is 6.92 Å². The fraction of sp³-hybridized carbons (Fsp3) is 0.636. The van der Waals surface area contributed by atoms with Crippen molar-refractivity contribution in [3.05, 3.63) is 17.5 Å². The van der Waals surface area contributed by atoms with Crippen LogP contribution >= 0.6 is 0 Å². The molecule has 16 heavy (non-hydrogen) atoms. The Hall–Kier alpha value is -1.36. The Morgan fingerprint density at radius 2 is 2.31 bits per heavy atom. The molecule has 3 N–H and O–H groups in total. The molecule has 0 aliphatic carbocycles. The van der Waals surface area contributed by atoms with Gasteiger partial charge in [0.05, 0.1) is 6.20 Å². The molecule has 0 saturated heterocycles. The van der Waals surface area contributed by atoms with Gasteiger partial charge in [-0.25, -0.2) is 0 Å². The standard InChI is InChI=1S/C11H20N4O/c1-9-10(8-14-15-9)4-3-6-13-11(16)5-7-12-2/h8,12H,3-7H2,1-2H3,(H,13,16)(H,14,15). The Kier molecular flexibility index (Phi) is 5.56. The van der Waals surface area contributed by atoms with Gasteiger partial charge in [-0.05, 0) is 32.4 Å². The van der Waals surface area contributed by atoms with Gasteiger partial charge in [-0.1, -0.05) is 0 Å². The summed E-state index contributed by atoms with van der Waals surface area (Å²) < 4.78 is 0. The molecule has 1 aromatic heterocycles. The highest BCUT2D eigenvalue weighted by Gasteiger charge is 2.01. The summed E-state index contributed by atoms with van der Waals surface area (Å²) in [6.07, 6.45) is 4.29. The summed E-state index contributed by atoms with van der Waals surface area (Å²) in [5.41, 5.74) is 2.34. The van der Waals surface area contributed by atoms with Crippen molar-refractivity contribution in [2.24, 2.45) is 0 Å². The van der Waals surface area contributed by atoms with Crippen molar-refractivity contribution in [2.45, 2.75) is 26.2 Å². The SMILES string of the molecule is CNCCC(=O)NCCCc1cn[nH]c1C. The van der Waals surface area contributed by atoms with Gasteiger partial charge in [-0.15, -0.1) is 0 Å². The van der Waals surface area contributed by atoms with Gasteiger partial charge in [0, 0.05) is 25.2 Å². The molecule has 1 rings (SSSR count). The molecular weight excluding hydrogens is 204 g/mol. The fourth-order valence-electron chi connectivity index (χ4n) is 1.46. The molecule has 1 aromatic rings. The molecule has 0 spiro atoms. The Balaban J connectivity index is 2.08. The molecule has 1 heterocycles. The van der Waals surface area contributed by atoms with E-state index in [2.05, 4.69) is 20.8 Å². The molecule has 5 heteroatoms. The highest BCUT2D eigenvalue weighted by atomic mass is 16.1. The van der Waals surface area contributed by atoms with E-state index >= 15 is 0 Å². The minimum Gasteiger partial charge on any atom is -0.356 e. The van der Waals surface area contributed by atoms with Crippen LogP contribution in [0.1, 0.15) is 24.1 Å². The smallest absolute Gasteiger partial charge is 0.221 e. The normalized spacial score (nSPS) is 10.4. The molecule has 0 unspecified atom stereocenters. The lowest BCUT2D eigenvalue weighted by Crippen LogP contribution is -2.27. The Bertz CT molecular complexity index is 322. The van der Waals surface area contributed by atoms with Crippen molar-refractivity contribution in [1.29, 1.82) is 0 Å². The highest BCUT2D eigenvalue weighted by Crippen LogP contribution is 2.04. The number of amides is 1. The van der Waals surface area contributed by atoms with Gasteiger partial charge in [-0.3, -0.25) is 9.89 Å². The number of nitrogens with one attached hydrogen (secondary N) is 3. The van der Waals surface area contributed by atoms with Gasteiger partial charge >= 0.3 is 0 Å². The van der Waals surface area contributed by atoms with Crippen LogP contribution in [0.3, 0.4) is 0 Å². The second-order valence-corrected chi connectivity index (χ2v) is 3.83. The number of aromatic nitrogens is 2. The second-order valence-electron chi connectivity index (χ2n) is 3.83. The van der Waals surface area contributed by atoms with E-state index in [1.54, 1.807) is 0 Å². The molecule has 0 aromatic carbocycles. The number of nitrogens with zero attached hydrogens (tertiary/aromatic N) is 1. The summed E-state index contributed by atoms with van der Waals surface area (Å²) in [4.78, 5) is 11.3. The highest BCUT2D eigenvalue weighted by molar-refractivity contribution is 5.75. The van der Waals surface area contributed by atoms with Gasteiger partial charge in [0.2, 0.25) is 5.91 Å². The first-order valence-electron chi connectivity index (χ1n) is 5.64. The van der Waals surface area contributed by atoms with Gasteiger partial charge in [0.25, 0.3) is 0 Å². The van der Waals surface area contributed by atoms with E-state index in [1.807, 2.05) is 20.2 Å². The summed E-state index contributed by atoms with van der Waals surface area (Å²) in [6.45, 7) is 3.47. The lowest BCUT2D eigenvalue weighted by atomic mass is 10.1. The van der Waals surface area contributed by atoms with Crippen molar-refractivity contribution in [3.63, 3.8) is 0 Å². The Labute approximate surface area is 96.0 Å². The third-order valence-electron chi connectivity index (χ3n) is 2.48. The zero-order valence-electron chi connectivity index (χ0n) is 9.97.